The van der Waals surface area contributed by atoms with E-state index in [0.717, 1.165) is 5.56 Å². The minimum atomic E-state index is -0.488. The van der Waals surface area contributed by atoms with E-state index in [-0.39, 0.29) is 24.1 Å². The van der Waals surface area contributed by atoms with Gasteiger partial charge in [-0.05, 0) is 48.4 Å². The molecule has 7 heteroatoms. The van der Waals surface area contributed by atoms with E-state index in [4.69, 9.17) is 5.73 Å². The van der Waals surface area contributed by atoms with Crippen molar-refractivity contribution in [3.05, 3.63) is 84.2 Å². The number of phenols is 1. The van der Waals surface area contributed by atoms with Gasteiger partial charge in [0, 0.05) is 42.7 Å². The second kappa shape index (κ2) is 10.4. The lowest BCUT2D eigenvalue weighted by molar-refractivity contribution is -0.118. The van der Waals surface area contributed by atoms with Gasteiger partial charge in [0.15, 0.2) is 0 Å². The zero-order valence-electron chi connectivity index (χ0n) is 17.4. The summed E-state index contributed by atoms with van der Waals surface area (Å²) in [6, 6.07) is 16.6. The highest BCUT2D eigenvalue weighted by atomic mass is 16.3. The number of pyridine rings is 1. The van der Waals surface area contributed by atoms with Crippen LogP contribution in [0.1, 0.15) is 41.7 Å². The van der Waals surface area contributed by atoms with E-state index >= 15 is 0 Å². The smallest absolute Gasteiger partial charge is 0.255 e. The minimum absolute atomic E-state index is 0.0299. The molecule has 0 aliphatic rings. The van der Waals surface area contributed by atoms with Crippen LogP contribution in [0.2, 0.25) is 0 Å². The van der Waals surface area contributed by atoms with Crippen LogP contribution >= 0.6 is 0 Å². The molecule has 1 unspecified atom stereocenters. The van der Waals surface area contributed by atoms with Gasteiger partial charge in [-0.25, -0.2) is 0 Å². The quantitative estimate of drug-likeness (QED) is 0.515. The Bertz CT molecular complexity index is 1020. The molecule has 2 aromatic carbocycles. The number of aromatic hydroxyl groups is 1. The van der Waals surface area contributed by atoms with Crippen LogP contribution in [0.15, 0.2) is 73.1 Å². The molecule has 3 rings (SSSR count). The van der Waals surface area contributed by atoms with Crippen molar-refractivity contribution in [1.82, 2.24) is 4.98 Å². The van der Waals surface area contributed by atoms with Gasteiger partial charge in [0.25, 0.3) is 5.91 Å². The number of benzene rings is 2. The monoisotopic (exact) mass is 418 g/mol. The number of nitrogens with two attached hydrogens (primary N) is 1. The molecule has 2 amide bonds. The summed E-state index contributed by atoms with van der Waals surface area (Å²) in [5.74, 6) is -0.310. The fraction of sp³-hybridized carbons (Fsp3) is 0.208. The molecule has 0 radical (unpaired) electrons. The second-order valence-corrected chi connectivity index (χ2v) is 7.16. The van der Waals surface area contributed by atoms with E-state index in [0.29, 0.717) is 29.8 Å². The molecule has 160 valence electrons. The molecule has 3 aromatic rings. The van der Waals surface area contributed by atoms with Gasteiger partial charge in [0.2, 0.25) is 5.91 Å². The van der Waals surface area contributed by atoms with E-state index in [1.165, 1.54) is 4.90 Å². The van der Waals surface area contributed by atoms with Crippen molar-refractivity contribution < 1.29 is 14.7 Å². The number of hydrogen-bond donors (Lipinski definition) is 3. The van der Waals surface area contributed by atoms with Gasteiger partial charge in [0.05, 0.1) is 5.69 Å². The van der Waals surface area contributed by atoms with Crippen LogP contribution in [0.5, 0.6) is 5.75 Å². The van der Waals surface area contributed by atoms with Gasteiger partial charge in [-0.2, -0.15) is 0 Å². The summed E-state index contributed by atoms with van der Waals surface area (Å²) in [6.45, 7) is 2.13. The summed E-state index contributed by atoms with van der Waals surface area (Å²) in [5.41, 5.74) is 8.76. The molecule has 0 saturated heterocycles. The molecular weight excluding hydrogens is 392 g/mol. The summed E-state index contributed by atoms with van der Waals surface area (Å²) in [7, 11) is 0. The van der Waals surface area contributed by atoms with Crippen LogP contribution in [0.4, 0.5) is 11.4 Å². The topological polar surface area (TPSA) is 109 Å². The van der Waals surface area contributed by atoms with Crippen LogP contribution in [-0.4, -0.2) is 28.4 Å². The van der Waals surface area contributed by atoms with E-state index in [9.17, 15) is 14.7 Å². The average Bonchev–Trinajstić information content (AvgIpc) is 2.79. The number of nitrogens with zero attached hydrogens (tertiary/aromatic N) is 2. The number of carbonyl (C=O) groups excluding carboxylic acids is 2. The Hall–Kier alpha value is -3.71. The van der Waals surface area contributed by atoms with Crippen LogP contribution in [0, 0.1) is 0 Å². The first-order valence-corrected chi connectivity index (χ1v) is 10.1. The van der Waals surface area contributed by atoms with E-state index in [1.807, 2.05) is 6.92 Å². The zero-order chi connectivity index (χ0) is 22.2. The Morgan fingerprint density at radius 3 is 2.39 bits per heavy atom. The third-order valence-corrected chi connectivity index (χ3v) is 4.86. The number of rotatable bonds is 8. The van der Waals surface area contributed by atoms with Crippen molar-refractivity contribution in [3.8, 4) is 5.75 Å². The number of hydrogen-bond acceptors (Lipinski definition) is 5. The maximum atomic E-state index is 12.7. The van der Waals surface area contributed by atoms with E-state index in [1.54, 1.807) is 73.1 Å². The van der Waals surface area contributed by atoms with Crippen molar-refractivity contribution in [2.24, 2.45) is 5.73 Å². The Balaban J connectivity index is 1.73. The fourth-order valence-corrected chi connectivity index (χ4v) is 3.20. The van der Waals surface area contributed by atoms with Crippen molar-refractivity contribution >= 4 is 23.2 Å². The van der Waals surface area contributed by atoms with Crippen LogP contribution < -0.4 is 16.0 Å². The normalized spacial score (nSPS) is 11.5. The Kier molecular flexibility index (Phi) is 7.35. The van der Waals surface area contributed by atoms with Crippen molar-refractivity contribution in [3.63, 3.8) is 0 Å². The number of para-hydroxylation sites is 2. The third kappa shape index (κ3) is 5.67. The van der Waals surface area contributed by atoms with E-state index < -0.39 is 6.04 Å². The molecule has 1 atom stereocenters. The highest BCUT2D eigenvalue weighted by molar-refractivity contribution is 6.04. The standard InChI is InChI=1S/C24H26N4O3/c1-2-5-23(30)28(21-6-3-4-7-22(21)29)16-20(25)17-8-10-18(11-9-17)24(31)27-19-12-14-26-15-13-19/h3-4,6-15,20,29H,2,5,16,25H2,1H3,(H,26,27,31). The van der Waals surface area contributed by atoms with Gasteiger partial charge in [-0.15, -0.1) is 0 Å². The van der Waals surface area contributed by atoms with Gasteiger partial charge in [-0.1, -0.05) is 31.2 Å². The molecular formula is C24H26N4O3. The predicted octanol–water partition coefficient (Wildman–Crippen LogP) is 3.87. The first-order valence-electron chi connectivity index (χ1n) is 10.1. The van der Waals surface area contributed by atoms with Crippen LogP contribution in [-0.2, 0) is 4.79 Å². The van der Waals surface area contributed by atoms with Gasteiger partial charge in [-0.3, -0.25) is 14.6 Å². The maximum absolute atomic E-state index is 12.7. The molecule has 7 nitrogen and oxygen atoms in total. The first kappa shape index (κ1) is 22.0. The van der Waals surface area contributed by atoms with Crippen LogP contribution in [0.3, 0.4) is 0 Å². The molecule has 0 bridgehead atoms. The highest BCUT2D eigenvalue weighted by Crippen LogP contribution is 2.29. The van der Waals surface area contributed by atoms with Crippen molar-refractivity contribution in [2.45, 2.75) is 25.8 Å². The minimum Gasteiger partial charge on any atom is -0.506 e. The lowest BCUT2D eigenvalue weighted by atomic mass is 10.0. The van der Waals surface area contributed by atoms with Gasteiger partial charge in [0.1, 0.15) is 5.75 Å². The number of phenolic OH excluding ortho intramolecular Hbond substituents is 1. The molecule has 0 aliphatic carbocycles. The Morgan fingerprint density at radius 1 is 1.06 bits per heavy atom. The largest absolute Gasteiger partial charge is 0.506 e. The summed E-state index contributed by atoms with van der Waals surface area (Å²) in [6.07, 6.45) is 4.26. The molecule has 1 heterocycles. The fourth-order valence-electron chi connectivity index (χ4n) is 3.20. The number of amides is 2. The van der Waals surface area contributed by atoms with Gasteiger partial charge < -0.3 is 21.1 Å². The maximum Gasteiger partial charge on any atom is 0.255 e. The average molecular weight is 418 g/mol. The summed E-state index contributed by atoms with van der Waals surface area (Å²) < 4.78 is 0. The molecule has 0 saturated carbocycles. The predicted molar refractivity (Wildman–Crippen MR) is 121 cm³/mol. The third-order valence-electron chi connectivity index (χ3n) is 4.86. The molecule has 1 aromatic heterocycles. The molecule has 0 spiro atoms. The summed E-state index contributed by atoms with van der Waals surface area (Å²) in [5, 5.41) is 13.0. The first-order chi connectivity index (χ1) is 15.0. The number of carbonyl (C=O) groups is 2. The lowest BCUT2D eigenvalue weighted by Crippen LogP contribution is -2.37. The number of aromatic nitrogens is 1. The second-order valence-electron chi connectivity index (χ2n) is 7.16. The van der Waals surface area contributed by atoms with E-state index in [2.05, 4.69) is 10.3 Å². The molecule has 0 fully saturated rings. The van der Waals surface area contributed by atoms with Crippen molar-refractivity contribution in [1.29, 1.82) is 0 Å². The SMILES string of the molecule is CCCC(=O)N(CC(N)c1ccc(C(=O)Nc2ccncc2)cc1)c1ccccc1O. The molecule has 31 heavy (non-hydrogen) atoms. The number of nitrogens with one attached hydrogen (secondary N) is 1. The zero-order valence-corrected chi connectivity index (χ0v) is 17.4. The Labute approximate surface area is 181 Å². The molecule has 4 N–H and O–H groups in total. The van der Waals surface area contributed by atoms with Crippen LogP contribution in [0.25, 0.3) is 0 Å². The number of anilines is 2. The lowest BCUT2D eigenvalue weighted by Gasteiger charge is -2.27. The highest BCUT2D eigenvalue weighted by Gasteiger charge is 2.21. The van der Waals surface area contributed by atoms with Gasteiger partial charge >= 0.3 is 0 Å². The van der Waals surface area contributed by atoms with Crippen molar-refractivity contribution in [2.75, 3.05) is 16.8 Å². The summed E-state index contributed by atoms with van der Waals surface area (Å²) in [4.78, 5) is 30.5. The molecule has 0 aliphatic heterocycles. The summed E-state index contributed by atoms with van der Waals surface area (Å²) >= 11 is 0. The Morgan fingerprint density at radius 2 is 1.74 bits per heavy atom.